The summed E-state index contributed by atoms with van der Waals surface area (Å²) in [5.74, 6) is -0.444. The molecule has 0 radical (unpaired) electrons. The van der Waals surface area contributed by atoms with Gasteiger partial charge in [0.15, 0.2) is 0 Å². The van der Waals surface area contributed by atoms with Crippen molar-refractivity contribution in [2.45, 2.75) is 26.2 Å². The molecule has 1 unspecified atom stereocenters. The van der Waals surface area contributed by atoms with E-state index in [1.54, 1.807) is 17.4 Å². The van der Waals surface area contributed by atoms with Crippen LogP contribution in [0.25, 0.3) is 0 Å². The van der Waals surface area contributed by atoms with E-state index >= 15 is 0 Å². The van der Waals surface area contributed by atoms with E-state index in [9.17, 15) is 9.59 Å². The normalized spacial score (nSPS) is 17.3. The first-order valence-corrected chi connectivity index (χ1v) is 8.42. The number of thiophene rings is 2. The average molecular weight is 321 g/mol. The lowest BCUT2D eigenvalue weighted by Crippen LogP contribution is -2.09. The zero-order chi connectivity index (χ0) is 15.0. The fraction of sp³-hybridized carbons (Fsp3) is 0.333. The highest BCUT2D eigenvalue weighted by atomic mass is 32.1. The summed E-state index contributed by atoms with van der Waals surface area (Å²) in [5.41, 5.74) is 1.29. The van der Waals surface area contributed by atoms with E-state index in [2.05, 4.69) is 12.2 Å². The van der Waals surface area contributed by atoms with Crippen LogP contribution in [0.2, 0.25) is 0 Å². The number of carbonyl (C=O) groups is 2. The first-order chi connectivity index (χ1) is 10.0. The molecule has 1 amide bonds. The highest BCUT2D eigenvalue weighted by molar-refractivity contribution is 7.18. The number of carboxylic acid groups (broad SMARTS) is 1. The molecular formula is C15H15NO3S2. The number of rotatable bonds is 3. The van der Waals surface area contributed by atoms with Crippen molar-refractivity contribution in [3.63, 3.8) is 0 Å². The second kappa shape index (κ2) is 5.61. The molecule has 0 aliphatic heterocycles. The van der Waals surface area contributed by atoms with Gasteiger partial charge in [-0.15, -0.1) is 22.7 Å². The summed E-state index contributed by atoms with van der Waals surface area (Å²) in [4.78, 5) is 25.3. The quantitative estimate of drug-likeness (QED) is 0.901. The molecule has 2 aromatic heterocycles. The van der Waals surface area contributed by atoms with Gasteiger partial charge in [0.2, 0.25) is 0 Å². The van der Waals surface area contributed by atoms with Crippen molar-refractivity contribution in [3.8, 4) is 0 Å². The van der Waals surface area contributed by atoms with Gasteiger partial charge in [0.25, 0.3) is 5.91 Å². The van der Waals surface area contributed by atoms with Gasteiger partial charge in [-0.25, -0.2) is 4.79 Å². The molecule has 4 nitrogen and oxygen atoms in total. The van der Waals surface area contributed by atoms with Crippen LogP contribution < -0.4 is 5.32 Å². The van der Waals surface area contributed by atoms with Crippen LogP contribution in [0.15, 0.2) is 18.2 Å². The lowest BCUT2D eigenvalue weighted by molar-refractivity contribution is 0.0702. The van der Waals surface area contributed by atoms with Gasteiger partial charge in [-0.05, 0) is 48.9 Å². The predicted molar refractivity (Wildman–Crippen MR) is 84.7 cm³/mol. The molecular weight excluding hydrogens is 306 g/mol. The van der Waals surface area contributed by atoms with E-state index in [1.807, 2.05) is 6.07 Å². The van der Waals surface area contributed by atoms with Gasteiger partial charge in [-0.3, -0.25) is 4.79 Å². The Balaban J connectivity index is 1.74. The number of nitrogens with one attached hydrogen (secondary N) is 1. The number of aryl methyl sites for hydroxylation is 1. The van der Waals surface area contributed by atoms with E-state index in [4.69, 9.17) is 5.11 Å². The minimum atomic E-state index is -0.971. The van der Waals surface area contributed by atoms with Crippen molar-refractivity contribution >= 4 is 39.6 Å². The zero-order valence-electron chi connectivity index (χ0n) is 11.5. The summed E-state index contributed by atoms with van der Waals surface area (Å²) < 4.78 is 0. The second-order valence-electron chi connectivity index (χ2n) is 5.33. The molecule has 2 heterocycles. The van der Waals surface area contributed by atoms with E-state index in [0.29, 0.717) is 15.8 Å². The Morgan fingerprint density at radius 2 is 2.10 bits per heavy atom. The van der Waals surface area contributed by atoms with Crippen LogP contribution in [0.1, 0.15) is 43.1 Å². The number of anilines is 1. The Morgan fingerprint density at radius 3 is 2.81 bits per heavy atom. The molecule has 0 aromatic carbocycles. The Morgan fingerprint density at radius 1 is 1.29 bits per heavy atom. The molecule has 21 heavy (non-hydrogen) atoms. The number of aromatic carboxylic acids is 1. The maximum Gasteiger partial charge on any atom is 0.345 e. The topological polar surface area (TPSA) is 66.4 Å². The molecule has 2 aromatic rings. The Kier molecular flexibility index (Phi) is 3.82. The Labute approximate surface area is 130 Å². The number of carboxylic acids is 1. The third-order valence-electron chi connectivity index (χ3n) is 3.61. The summed E-state index contributed by atoms with van der Waals surface area (Å²) in [5, 5.41) is 12.2. The van der Waals surface area contributed by atoms with E-state index in [0.717, 1.165) is 24.2 Å². The summed E-state index contributed by atoms with van der Waals surface area (Å²) >= 11 is 2.63. The fourth-order valence-electron chi connectivity index (χ4n) is 2.51. The number of fused-ring (bicyclic) bond motifs is 1. The molecule has 2 N–H and O–H groups in total. The van der Waals surface area contributed by atoms with Crippen LogP contribution in [-0.2, 0) is 12.8 Å². The van der Waals surface area contributed by atoms with Crippen LogP contribution in [0.3, 0.4) is 0 Å². The van der Waals surface area contributed by atoms with Gasteiger partial charge in [-0.2, -0.15) is 0 Å². The minimum absolute atomic E-state index is 0.152. The monoisotopic (exact) mass is 321 g/mol. The molecule has 110 valence electrons. The Hall–Kier alpha value is -1.66. The standard InChI is InChI=1S/C15H15NO3S2/c1-8-2-3-10-9(6-8)7-12(20-10)14(17)16-13-5-4-11(21-13)15(18)19/h4-5,7-8H,2-3,6H2,1H3,(H,16,17)(H,18,19). The smallest absolute Gasteiger partial charge is 0.345 e. The van der Waals surface area contributed by atoms with Crippen molar-refractivity contribution in [2.24, 2.45) is 5.92 Å². The SMILES string of the molecule is CC1CCc2sc(C(=O)Nc3ccc(C(=O)O)s3)cc2C1. The van der Waals surface area contributed by atoms with E-state index < -0.39 is 5.97 Å². The molecule has 1 atom stereocenters. The first-order valence-electron chi connectivity index (χ1n) is 6.79. The van der Waals surface area contributed by atoms with Crippen molar-refractivity contribution in [1.82, 2.24) is 0 Å². The number of hydrogen-bond donors (Lipinski definition) is 2. The fourth-order valence-corrected chi connectivity index (χ4v) is 4.35. The van der Waals surface area contributed by atoms with Crippen LogP contribution in [0.4, 0.5) is 5.00 Å². The molecule has 6 heteroatoms. The Bertz CT molecular complexity index is 702. The molecule has 0 spiro atoms. The molecule has 1 aliphatic carbocycles. The third-order valence-corrected chi connectivity index (χ3v) is 5.83. The van der Waals surface area contributed by atoms with Crippen molar-refractivity contribution in [2.75, 3.05) is 5.32 Å². The predicted octanol–water partition coefficient (Wildman–Crippen LogP) is 3.88. The van der Waals surface area contributed by atoms with E-state index in [1.165, 1.54) is 22.9 Å². The lowest BCUT2D eigenvalue weighted by Gasteiger charge is -2.16. The third kappa shape index (κ3) is 3.01. The summed E-state index contributed by atoms with van der Waals surface area (Å²) in [6, 6.07) is 5.11. The lowest BCUT2D eigenvalue weighted by atomic mass is 9.90. The van der Waals surface area contributed by atoms with Crippen LogP contribution in [0, 0.1) is 5.92 Å². The van der Waals surface area contributed by atoms with Gasteiger partial charge in [-0.1, -0.05) is 6.92 Å². The van der Waals surface area contributed by atoms with Crippen molar-refractivity contribution in [3.05, 3.63) is 38.4 Å². The van der Waals surface area contributed by atoms with Crippen LogP contribution >= 0.6 is 22.7 Å². The summed E-state index contributed by atoms with van der Waals surface area (Å²) in [7, 11) is 0. The molecule has 1 aliphatic rings. The largest absolute Gasteiger partial charge is 0.477 e. The highest BCUT2D eigenvalue weighted by Gasteiger charge is 2.21. The van der Waals surface area contributed by atoms with Crippen LogP contribution in [0.5, 0.6) is 0 Å². The zero-order valence-corrected chi connectivity index (χ0v) is 13.1. The second-order valence-corrected chi connectivity index (χ2v) is 7.55. The summed E-state index contributed by atoms with van der Waals surface area (Å²) in [6.07, 6.45) is 3.28. The molecule has 3 rings (SSSR count). The average Bonchev–Trinajstić information content (AvgIpc) is 3.04. The van der Waals surface area contributed by atoms with Gasteiger partial charge in [0, 0.05) is 4.88 Å². The number of amides is 1. The van der Waals surface area contributed by atoms with E-state index in [-0.39, 0.29) is 10.8 Å². The first kappa shape index (κ1) is 14.3. The van der Waals surface area contributed by atoms with Crippen LogP contribution in [-0.4, -0.2) is 17.0 Å². The molecule has 0 fully saturated rings. The highest BCUT2D eigenvalue weighted by Crippen LogP contribution is 2.33. The summed E-state index contributed by atoms with van der Waals surface area (Å²) in [6.45, 7) is 2.24. The molecule has 0 saturated heterocycles. The van der Waals surface area contributed by atoms with Gasteiger partial charge in [0.05, 0.1) is 9.88 Å². The molecule has 0 saturated carbocycles. The van der Waals surface area contributed by atoms with Gasteiger partial charge < -0.3 is 10.4 Å². The number of hydrogen-bond acceptors (Lipinski definition) is 4. The maximum atomic E-state index is 12.3. The van der Waals surface area contributed by atoms with Crippen molar-refractivity contribution < 1.29 is 14.7 Å². The minimum Gasteiger partial charge on any atom is -0.477 e. The van der Waals surface area contributed by atoms with Crippen molar-refractivity contribution in [1.29, 1.82) is 0 Å². The maximum absolute atomic E-state index is 12.3. The van der Waals surface area contributed by atoms with Gasteiger partial charge >= 0.3 is 5.97 Å². The number of carbonyl (C=O) groups excluding carboxylic acids is 1. The van der Waals surface area contributed by atoms with Gasteiger partial charge in [0.1, 0.15) is 4.88 Å². The molecule has 0 bridgehead atoms.